The van der Waals surface area contributed by atoms with Crippen LogP contribution in [0.2, 0.25) is 0 Å². The number of Topliss-reactive ketones (excluding diaryl/α,β-unsaturated/α-hetero) is 1. The molecule has 1 atom stereocenters. The van der Waals surface area contributed by atoms with Gasteiger partial charge in [0, 0.05) is 25.6 Å². The van der Waals surface area contributed by atoms with Crippen LogP contribution in [0.25, 0.3) is 0 Å². The summed E-state index contributed by atoms with van der Waals surface area (Å²) < 4.78 is 1.75. The largest absolute Gasteiger partial charge is 0.300 e. The van der Waals surface area contributed by atoms with Gasteiger partial charge in [0.05, 0.1) is 5.69 Å². The minimum atomic E-state index is 0.0832. The molecule has 0 aliphatic carbocycles. The molecule has 1 aromatic heterocycles. The highest BCUT2D eigenvalue weighted by atomic mass is 16.1. The third-order valence-electron chi connectivity index (χ3n) is 1.98. The molecule has 0 aromatic carbocycles. The number of hydrogen-bond acceptors (Lipinski definition) is 2. The number of aryl methyl sites for hydroxylation is 1. The van der Waals surface area contributed by atoms with E-state index in [1.807, 2.05) is 26.2 Å². The quantitative estimate of drug-likeness (QED) is 0.676. The van der Waals surface area contributed by atoms with Gasteiger partial charge in [-0.25, -0.2) is 0 Å². The van der Waals surface area contributed by atoms with Crippen LogP contribution in [0, 0.1) is 5.92 Å². The molecule has 1 unspecified atom stereocenters. The van der Waals surface area contributed by atoms with Crippen molar-refractivity contribution >= 4 is 5.78 Å². The summed E-state index contributed by atoms with van der Waals surface area (Å²) in [6.45, 7) is 3.55. The standard InChI is InChI=1S/C9H14N2O/c1-7(8(2)12)6-9-4-5-11(3)10-9/h4-5,7H,6H2,1-3H3. The molecule has 0 fully saturated rings. The summed E-state index contributed by atoms with van der Waals surface area (Å²) in [6.07, 6.45) is 2.64. The van der Waals surface area contributed by atoms with Gasteiger partial charge in [-0.1, -0.05) is 6.92 Å². The Hall–Kier alpha value is -1.12. The van der Waals surface area contributed by atoms with Crippen LogP contribution in [0.5, 0.6) is 0 Å². The molecule has 0 saturated heterocycles. The molecule has 3 heteroatoms. The Kier molecular flexibility index (Phi) is 2.63. The summed E-state index contributed by atoms with van der Waals surface area (Å²) >= 11 is 0. The maximum absolute atomic E-state index is 10.9. The zero-order chi connectivity index (χ0) is 9.14. The fourth-order valence-corrected chi connectivity index (χ4v) is 1.03. The minimum Gasteiger partial charge on any atom is -0.300 e. The lowest BCUT2D eigenvalue weighted by Crippen LogP contribution is -2.10. The second kappa shape index (κ2) is 3.52. The van der Waals surface area contributed by atoms with Gasteiger partial charge in [0.15, 0.2) is 0 Å². The smallest absolute Gasteiger partial charge is 0.133 e. The van der Waals surface area contributed by atoms with E-state index >= 15 is 0 Å². The summed E-state index contributed by atoms with van der Waals surface area (Å²) in [6, 6.07) is 1.94. The zero-order valence-corrected chi connectivity index (χ0v) is 7.74. The Morgan fingerprint density at radius 1 is 1.75 bits per heavy atom. The fraction of sp³-hybridized carbons (Fsp3) is 0.556. The molecule has 1 heterocycles. The number of nitrogens with zero attached hydrogens (tertiary/aromatic N) is 2. The van der Waals surface area contributed by atoms with Gasteiger partial charge in [-0.2, -0.15) is 5.10 Å². The summed E-state index contributed by atoms with van der Waals surface area (Å²) in [5.41, 5.74) is 0.986. The molecule has 3 nitrogen and oxygen atoms in total. The zero-order valence-electron chi connectivity index (χ0n) is 7.74. The van der Waals surface area contributed by atoms with E-state index in [0.29, 0.717) is 0 Å². The molecule has 0 radical (unpaired) electrons. The SMILES string of the molecule is CC(=O)C(C)Cc1ccn(C)n1. The topological polar surface area (TPSA) is 34.9 Å². The normalized spacial score (nSPS) is 12.9. The first-order valence-electron chi connectivity index (χ1n) is 4.08. The molecule has 0 N–H and O–H groups in total. The van der Waals surface area contributed by atoms with E-state index in [0.717, 1.165) is 12.1 Å². The van der Waals surface area contributed by atoms with Crippen molar-refractivity contribution in [1.82, 2.24) is 9.78 Å². The molecular formula is C9H14N2O. The van der Waals surface area contributed by atoms with Gasteiger partial charge in [-0.05, 0) is 13.0 Å². The van der Waals surface area contributed by atoms with Crippen LogP contribution >= 0.6 is 0 Å². The predicted octanol–water partition coefficient (Wildman–Crippen LogP) is 1.19. The van der Waals surface area contributed by atoms with Crippen molar-refractivity contribution in [2.24, 2.45) is 13.0 Å². The first-order valence-corrected chi connectivity index (χ1v) is 4.08. The van der Waals surface area contributed by atoms with Crippen molar-refractivity contribution < 1.29 is 4.79 Å². The van der Waals surface area contributed by atoms with Gasteiger partial charge in [-0.3, -0.25) is 9.48 Å². The van der Waals surface area contributed by atoms with E-state index < -0.39 is 0 Å². The molecule has 1 rings (SSSR count). The minimum absolute atomic E-state index is 0.0832. The number of carbonyl (C=O) groups is 1. The molecule has 0 saturated carbocycles. The summed E-state index contributed by atoms with van der Waals surface area (Å²) in [5, 5.41) is 4.20. The number of rotatable bonds is 3. The Bertz CT molecular complexity index is 278. The first kappa shape index (κ1) is 8.97. The monoisotopic (exact) mass is 166 g/mol. The van der Waals surface area contributed by atoms with E-state index in [1.54, 1.807) is 11.6 Å². The third kappa shape index (κ3) is 2.19. The van der Waals surface area contributed by atoms with E-state index in [2.05, 4.69) is 5.10 Å². The van der Waals surface area contributed by atoms with Crippen molar-refractivity contribution in [3.05, 3.63) is 18.0 Å². The number of aromatic nitrogens is 2. The third-order valence-corrected chi connectivity index (χ3v) is 1.98. The van der Waals surface area contributed by atoms with Crippen molar-refractivity contribution in [2.45, 2.75) is 20.3 Å². The van der Waals surface area contributed by atoms with Gasteiger partial charge in [0.2, 0.25) is 0 Å². The van der Waals surface area contributed by atoms with Gasteiger partial charge < -0.3 is 0 Å². The Labute approximate surface area is 72.4 Å². The van der Waals surface area contributed by atoms with Crippen molar-refractivity contribution in [1.29, 1.82) is 0 Å². The van der Waals surface area contributed by atoms with E-state index in [-0.39, 0.29) is 11.7 Å². The average Bonchev–Trinajstić information content (AvgIpc) is 2.35. The van der Waals surface area contributed by atoms with E-state index in [9.17, 15) is 4.79 Å². The van der Waals surface area contributed by atoms with Crippen molar-refractivity contribution in [3.63, 3.8) is 0 Å². The lowest BCUT2D eigenvalue weighted by molar-refractivity contribution is -0.120. The highest BCUT2D eigenvalue weighted by molar-refractivity contribution is 5.78. The van der Waals surface area contributed by atoms with Crippen LogP contribution in [0.15, 0.2) is 12.3 Å². The summed E-state index contributed by atoms with van der Waals surface area (Å²) in [7, 11) is 1.88. The number of hydrogen-bond donors (Lipinski definition) is 0. The van der Waals surface area contributed by atoms with Crippen LogP contribution in [0.3, 0.4) is 0 Å². The Morgan fingerprint density at radius 3 is 2.83 bits per heavy atom. The van der Waals surface area contributed by atoms with Gasteiger partial charge >= 0.3 is 0 Å². The van der Waals surface area contributed by atoms with Gasteiger partial charge in [0.1, 0.15) is 5.78 Å². The number of ketones is 1. The van der Waals surface area contributed by atoms with Crippen LogP contribution in [-0.2, 0) is 18.3 Å². The summed E-state index contributed by atoms with van der Waals surface area (Å²) in [4.78, 5) is 10.9. The summed E-state index contributed by atoms with van der Waals surface area (Å²) in [5.74, 6) is 0.306. The molecule has 1 aromatic rings. The first-order chi connectivity index (χ1) is 5.59. The molecule has 0 aliphatic heterocycles. The molecule has 12 heavy (non-hydrogen) atoms. The lowest BCUT2D eigenvalue weighted by Gasteiger charge is -2.03. The van der Waals surface area contributed by atoms with Crippen LogP contribution in [0.4, 0.5) is 0 Å². The van der Waals surface area contributed by atoms with Crippen LogP contribution < -0.4 is 0 Å². The maximum atomic E-state index is 10.9. The molecule has 0 spiro atoms. The van der Waals surface area contributed by atoms with Crippen LogP contribution in [0.1, 0.15) is 19.5 Å². The van der Waals surface area contributed by atoms with Crippen LogP contribution in [-0.4, -0.2) is 15.6 Å². The molecule has 0 bridgehead atoms. The Balaban J connectivity index is 2.58. The number of carbonyl (C=O) groups excluding carboxylic acids is 1. The molecule has 0 amide bonds. The molecule has 66 valence electrons. The molecular weight excluding hydrogens is 152 g/mol. The Morgan fingerprint density at radius 2 is 2.42 bits per heavy atom. The maximum Gasteiger partial charge on any atom is 0.133 e. The predicted molar refractivity (Wildman–Crippen MR) is 46.8 cm³/mol. The highest BCUT2D eigenvalue weighted by Gasteiger charge is 2.09. The van der Waals surface area contributed by atoms with E-state index in [1.165, 1.54) is 0 Å². The van der Waals surface area contributed by atoms with Crippen molar-refractivity contribution in [2.75, 3.05) is 0 Å². The van der Waals surface area contributed by atoms with Gasteiger partial charge in [-0.15, -0.1) is 0 Å². The second-order valence-electron chi connectivity index (χ2n) is 3.20. The second-order valence-corrected chi connectivity index (χ2v) is 3.20. The lowest BCUT2D eigenvalue weighted by atomic mass is 10.0. The van der Waals surface area contributed by atoms with Crippen molar-refractivity contribution in [3.8, 4) is 0 Å². The van der Waals surface area contributed by atoms with Gasteiger partial charge in [0.25, 0.3) is 0 Å². The highest BCUT2D eigenvalue weighted by Crippen LogP contribution is 2.06. The van der Waals surface area contributed by atoms with E-state index in [4.69, 9.17) is 0 Å². The molecule has 0 aliphatic rings. The fourth-order valence-electron chi connectivity index (χ4n) is 1.03. The average molecular weight is 166 g/mol.